The van der Waals surface area contributed by atoms with Crippen molar-refractivity contribution in [2.24, 2.45) is 0 Å². The van der Waals surface area contributed by atoms with Crippen molar-refractivity contribution >= 4 is 23.8 Å². The van der Waals surface area contributed by atoms with Crippen LogP contribution in [0, 0.1) is 0 Å². The molecular weight excluding hydrogens is 280 g/mol. The molecule has 1 fully saturated rings. The van der Waals surface area contributed by atoms with Gasteiger partial charge >= 0.3 is 12.0 Å². The van der Waals surface area contributed by atoms with Gasteiger partial charge in [0.05, 0.1) is 6.10 Å². The standard InChI is InChI=1S/C13H24N2O4S/c1-10(5-8-20-2)14-13(18)15-6-3-11(4-7-15)19-9-12(16)17/h10-11H,3-9H2,1-2H3,(H,14,18)(H,16,17). The molecule has 1 rings (SSSR count). The van der Waals surface area contributed by atoms with E-state index in [-0.39, 0.29) is 24.8 Å². The molecule has 6 nitrogen and oxygen atoms in total. The van der Waals surface area contributed by atoms with Crippen LogP contribution in [0.4, 0.5) is 4.79 Å². The molecule has 2 amide bonds. The van der Waals surface area contributed by atoms with Crippen molar-refractivity contribution < 1.29 is 19.4 Å². The van der Waals surface area contributed by atoms with Crippen molar-refractivity contribution in [1.82, 2.24) is 10.2 Å². The number of carboxylic acids is 1. The average molecular weight is 304 g/mol. The Morgan fingerprint density at radius 1 is 1.45 bits per heavy atom. The SMILES string of the molecule is CSCCC(C)NC(=O)N1CCC(OCC(=O)O)CC1. The Bertz CT molecular complexity index is 319. The molecule has 1 saturated heterocycles. The molecule has 0 aliphatic carbocycles. The summed E-state index contributed by atoms with van der Waals surface area (Å²) in [6.45, 7) is 2.98. The molecule has 1 unspecified atom stereocenters. The first-order valence-electron chi connectivity index (χ1n) is 6.90. The number of rotatable bonds is 7. The van der Waals surface area contributed by atoms with Gasteiger partial charge in [-0.1, -0.05) is 0 Å². The summed E-state index contributed by atoms with van der Waals surface area (Å²) in [6, 6.07) is 0.145. The number of nitrogens with zero attached hydrogens (tertiary/aromatic N) is 1. The van der Waals surface area contributed by atoms with E-state index >= 15 is 0 Å². The Morgan fingerprint density at radius 3 is 2.65 bits per heavy atom. The number of ether oxygens (including phenoxy) is 1. The van der Waals surface area contributed by atoms with Crippen LogP contribution in [0.3, 0.4) is 0 Å². The number of hydrogen-bond donors (Lipinski definition) is 2. The quantitative estimate of drug-likeness (QED) is 0.743. The lowest BCUT2D eigenvalue weighted by molar-refractivity contribution is -0.145. The highest BCUT2D eigenvalue weighted by Crippen LogP contribution is 2.14. The maximum atomic E-state index is 12.0. The number of amides is 2. The fourth-order valence-electron chi connectivity index (χ4n) is 2.08. The molecule has 0 saturated carbocycles. The maximum absolute atomic E-state index is 12.0. The third-order valence-corrected chi connectivity index (χ3v) is 3.94. The number of carboxylic acid groups (broad SMARTS) is 1. The van der Waals surface area contributed by atoms with Gasteiger partial charge in [-0.05, 0) is 38.2 Å². The fourth-order valence-corrected chi connectivity index (χ4v) is 2.67. The molecule has 1 aliphatic heterocycles. The van der Waals surface area contributed by atoms with Gasteiger partial charge in [0.15, 0.2) is 0 Å². The highest BCUT2D eigenvalue weighted by Gasteiger charge is 2.24. The summed E-state index contributed by atoms with van der Waals surface area (Å²) in [4.78, 5) is 24.2. The van der Waals surface area contributed by atoms with Crippen molar-refractivity contribution in [2.75, 3.05) is 31.7 Å². The van der Waals surface area contributed by atoms with E-state index in [4.69, 9.17) is 9.84 Å². The smallest absolute Gasteiger partial charge is 0.329 e. The lowest BCUT2D eigenvalue weighted by Gasteiger charge is -2.32. The zero-order valence-electron chi connectivity index (χ0n) is 12.1. The van der Waals surface area contributed by atoms with Crippen molar-refractivity contribution in [3.8, 4) is 0 Å². The molecule has 1 atom stereocenters. The number of carbonyl (C=O) groups excluding carboxylic acids is 1. The van der Waals surface area contributed by atoms with Gasteiger partial charge in [-0.25, -0.2) is 9.59 Å². The Labute approximate surface area is 124 Å². The van der Waals surface area contributed by atoms with Gasteiger partial charge in [-0.3, -0.25) is 0 Å². The summed E-state index contributed by atoms with van der Waals surface area (Å²) in [5.74, 6) is 0.0832. The molecule has 116 valence electrons. The van der Waals surface area contributed by atoms with Crippen molar-refractivity contribution in [1.29, 1.82) is 0 Å². The van der Waals surface area contributed by atoms with Crippen LogP contribution in [0.25, 0.3) is 0 Å². The zero-order valence-corrected chi connectivity index (χ0v) is 12.9. The van der Waals surface area contributed by atoms with E-state index < -0.39 is 5.97 Å². The first-order chi connectivity index (χ1) is 9.52. The number of aliphatic carboxylic acids is 1. The Kier molecular flexibility index (Phi) is 7.76. The Hall–Kier alpha value is -0.950. The van der Waals surface area contributed by atoms with Crippen LogP contribution in [0.5, 0.6) is 0 Å². The number of piperidine rings is 1. The molecule has 0 bridgehead atoms. The predicted octanol–water partition coefficient (Wildman–Crippen LogP) is 1.40. The number of thioether (sulfide) groups is 1. The number of hydrogen-bond acceptors (Lipinski definition) is 4. The second kappa shape index (κ2) is 9.07. The molecular formula is C13H24N2O4S. The molecule has 1 heterocycles. The van der Waals surface area contributed by atoms with Gasteiger partial charge in [0.2, 0.25) is 0 Å². The lowest BCUT2D eigenvalue weighted by Crippen LogP contribution is -2.48. The van der Waals surface area contributed by atoms with Gasteiger partial charge in [-0.15, -0.1) is 0 Å². The van der Waals surface area contributed by atoms with Gasteiger partial charge in [0, 0.05) is 19.1 Å². The zero-order chi connectivity index (χ0) is 15.0. The number of nitrogens with one attached hydrogen (secondary N) is 1. The van der Waals surface area contributed by atoms with Gasteiger partial charge < -0.3 is 20.1 Å². The van der Waals surface area contributed by atoms with E-state index in [2.05, 4.69) is 11.6 Å². The predicted molar refractivity (Wildman–Crippen MR) is 79.2 cm³/mol. The normalized spacial score (nSPS) is 17.8. The molecule has 0 aromatic rings. The van der Waals surface area contributed by atoms with Gasteiger partial charge in [0.1, 0.15) is 6.61 Å². The third-order valence-electron chi connectivity index (χ3n) is 3.30. The second-order valence-corrected chi connectivity index (χ2v) is 6.01. The minimum Gasteiger partial charge on any atom is -0.480 e. The van der Waals surface area contributed by atoms with Crippen LogP contribution >= 0.6 is 11.8 Å². The summed E-state index contributed by atoms with van der Waals surface area (Å²) < 4.78 is 5.25. The van der Waals surface area contributed by atoms with Gasteiger partial charge in [-0.2, -0.15) is 11.8 Å². The largest absolute Gasteiger partial charge is 0.480 e. The summed E-state index contributed by atoms with van der Waals surface area (Å²) in [5, 5.41) is 11.5. The summed E-state index contributed by atoms with van der Waals surface area (Å²) in [6.07, 6.45) is 4.35. The molecule has 7 heteroatoms. The highest BCUT2D eigenvalue weighted by atomic mass is 32.2. The van der Waals surface area contributed by atoms with Crippen molar-refractivity contribution in [2.45, 2.75) is 38.3 Å². The van der Waals surface area contributed by atoms with Crippen LogP contribution in [0.2, 0.25) is 0 Å². The van der Waals surface area contributed by atoms with Gasteiger partial charge in [0.25, 0.3) is 0 Å². The van der Waals surface area contributed by atoms with E-state index in [0.717, 1.165) is 12.2 Å². The molecule has 2 N–H and O–H groups in total. The molecule has 0 aromatic heterocycles. The average Bonchev–Trinajstić information content (AvgIpc) is 2.43. The van der Waals surface area contributed by atoms with Crippen LogP contribution in [0.1, 0.15) is 26.2 Å². The van der Waals surface area contributed by atoms with Crippen LogP contribution in [-0.4, -0.2) is 65.9 Å². The van der Waals surface area contributed by atoms with Crippen LogP contribution in [0.15, 0.2) is 0 Å². The Balaban J connectivity index is 2.23. The maximum Gasteiger partial charge on any atom is 0.329 e. The minimum atomic E-state index is -0.951. The summed E-state index contributed by atoms with van der Waals surface area (Å²) >= 11 is 1.77. The third kappa shape index (κ3) is 6.47. The second-order valence-electron chi connectivity index (χ2n) is 5.02. The first kappa shape index (κ1) is 17.1. The topological polar surface area (TPSA) is 78.9 Å². The lowest BCUT2D eigenvalue weighted by atomic mass is 10.1. The molecule has 0 spiro atoms. The van der Waals surface area contributed by atoms with E-state index in [1.807, 2.05) is 6.92 Å². The summed E-state index contributed by atoms with van der Waals surface area (Å²) in [7, 11) is 0. The molecule has 1 aliphatic rings. The van der Waals surface area contributed by atoms with Crippen molar-refractivity contribution in [3.05, 3.63) is 0 Å². The van der Waals surface area contributed by atoms with E-state index in [9.17, 15) is 9.59 Å². The van der Waals surface area contributed by atoms with E-state index in [0.29, 0.717) is 25.9 Å². The van der Waals surface area contributed by atoms with E-state index in [1.54, 1.807) is 16.7 Å². The number of carbonyl (C=O) groups is 2. The molecule has 0 radical (unpaired) electrons. The fraction of sp³-hybridized carbons (Fsp3) is 0.846. The number of likely N-dealkylation sites (tertiary alicyclic amines) is 1. The first-order valence-corrected chi connectivity index (χ1v) is 8.30. The monoisotopic (exact) mass is 304 g/mol. The Morgan fingerprint density at radius 2 is 2.10 bits per heavy atom. The molecule has 0 aromatic carbocycles. The summed E-state index contributed by atoms with van der Waals surface area (Å²) in [5.41, 5.74) is 0. The minimum absolute atomic E-state index is 0.0321. The number of urea groups is 1. The molecule has 20 heavy (non-hydrogen) atoms. The van der Waals surface area contributed by atoms with Crippen LogP contribution in [-0.2, 0) is 9.53 Å². The van der Waals surface area contributed by atoms with Crippen LogP contribution < -0.4 is 5.32 Å². The van der Waals surface area contributed by atoms with E-state index in [1.165, 1.54) is 0 Å². The van der Waals surface area contributed by atoms with Crippen molar-refractivity contribution in [3.63, 3.8) is 0 Å². The highest BCUT2D eigenvalue weighted by molar-refractivity contribution is 7.98.